The summed E-state index contributed by atoms with van der Waals surface area (Å²) < 4.78 is 40.0. The van der Waals surface area contributed by atoms with Crippen molar-refractivity contribution in [3.05, 3.63) is 57.5 Å². The van der Waals surface area contributed by atoms with Crippen LogP contribution in [0.15, 0.2) is 24.4 Å². The van der Waals surface area contributed by atoms with E-state index < -0.39 is 23.6 Å². The molecule has 2 aromatic heterocycles. The maximum Gasteiger partial charge on any atom is 0.256 e. The second-order valence-corrected chi connectivity index (χ2v) is 8.09. The lowest BCUT2D eigenvalue weighted by molar-refractivity contribution is -0.0569. The Morgan fingerprint density at radius 1 is 1.19 bits per heavy atom. The third kappa shape index (κ3) is 3.21. The number of hydrogen-bond donors (Lipinski definition) is 0. The Labute approximate surface area is 190 Å². The van der Waals surface area contributed by atoms with Crippen LogP contribution >= 0.6 is 23.2 Å². The lowest BCUT2D eigenvalue weighted by atomic mass is 10.0. The molecule has 1 saturated heterocycles. The summed E-state index contributed by atoms with van der Waals surface area (Å²) in [5, 5.41) is 8.03. The maximum absolute atomic E-state index is 13.8. The van der Waals surface area contributed by atoms with Crippen LogP contribution in [-0.4, -0.2) is 56.9 Å². The van der Waals surface area contributed by atoms with Gasteiger partial charge in [-0.25, -0.2) is 13.8 Å². The van der Waals surface area contributed by atoms with Crippen molar-refractivity contribution in [3.8, 4) is 17.3 Å². The second-order valence-electron chi connectivity index (χ2n) is 7.34. The number of amides is 1. The van der Waals surface area contributed by atoms with Gasteiger partial charge >= 0.3 is 0 Å². The standard InChI is InChI=1S/C20H15Cl2F2N5O3/c1-31-15-4-13(25-5-12(15)24)18-26-27-19-14-8-32-7-9(6-28(18)19)29(14)20(30)10-2-3-11(23)17(22)16(10)21/h2-5,9,14H,6-8H2,1H3. The molecule has 4 heterocycles. The number of benzene rings is 1. The first-order valence-electron chi connectivity index (χ1n) is 9.57. The third-order valence-corrected chi connectivity index (χ3v) is 6.41. The molecule has 2 aliphatic rings. The zero-order valence-electron chi connectivity index (χ0n) is 16.6. The quantitative estimate of drug-likeness (QED) is 0.532. The Balaban J connectivity index is 1.55. The summed E-state index contributed by atoms with van der Waals surface area (Å²) in [5.41, 5.74) is 0.474. The van der Waals surface area contributed by atoms with Crippen LogP contribution in [0.4, 0.5) is 8.78 Å². The molecule has 0 saturated carbocycles. The first kappa shape index (κ1) is 21.0. The molecule has 3 aromatic rings. The lowest BCUT2D eigenvalue weighted by Gasteiger charge is -2.45. The fourth-order valence-corrected chi connectivity index (χ4v) is 4.45. The smallest absolute Gasteiger partial charge is 0.256 e. The van der Waals surface area contributed by atoms with E-state index in [-0.39, 0.29) is 40.6 Å². The van der Waals surface area contributed by atoms with E-state index in [4.69, 9.17) is 32.7 Å². The van der Waals surface area contributed by atoms with Gasteiger partial charge in [-0.1, -0.05) is 23.2 Å². The highest BCUT2D eigenvalue weighted by molar-refractivity contribution is 6.44. The van der Waals surface area contributed by atoms with Crippen LogP contribution in [0.2, 0.25) is 10.0 Å². The fourth-order valence-electron chi connectivity index (χ4n) is 4.05. The molecule has 12 heteroatoms. The van der Waals surface area contributed by atoms with Gasteiger partial charge in [0.05, 0.1) is 48.2 Å². The molecule has 166 valence electrons. The Hall–Kier alpha value is -2.82. The predicted octanol–water partition coefficient (Wildman–Crippen LogP) is 3.53. The van der Waals surface area contributed by atoms with Crippen LogP contribution in [0, 0.1) is 11.6 Å². The molecule has 2 bridgehead atoms. The van der Waals surface area contributed by atoms with Crippen LogP contribution in [-0.2, 0) is 11.3 Å². The van der Waals surface area contributed by atoms with Gasteiger partial charge in [-0.3, -0.25) is 4.79 Å². The summed E-state index contributed by atoms with van der Waals surface area (Å²) in [5.74, 6) is -0.767. The summed E-state index contributed by atoms with van der Waals surface area (Å²) in [4.78, 5) is 19.1. The number of rotatable bonds is 3. The summed E-state index contributed by atoms with van der Waals surface area (Å²) in [6.45, 7) is 0.771. The molecule has 0 N–H and O–H groups in total. The van der Waals surface area contributed by atoms with Crippen LogP contribution in [0.1, 0.15) is 22.2 Å². The maximum atomic E-state index is 13.8. The normalized spacial score (nSPS) is 19.6. The molecule has 1 fully saturated rings. The van der Waals surface area contributed by atoms with Gasteiger partial charge in [-0.05, 0) is 12.1 Å². The van der Waals surface area contributed by atoms with E-state index >= 15 is 0 Å². The molecule has 32 heavy (non-hydrogen) atoms. The number of fused-ring (bicyclic) bond motifs is 4. The van der Waals surface area contributed by atoms with E-state index in [0.29, 0.717) is 23.9 Å². The van der Waals surface area contributed by atoms with Crippen molar-refractivity contribution in [2.45, 2.75) is 18.6 Å². The molecule has 2 atom stereocenters. The molecule has 5 rings (SSSR count). The Morgan fingerprint density at radius 2 is 2.00 bits per heavy atom. The SMILES string of the molecule is COc1cc(-c2nnc3n2CC2COCC3N2C(=O)c2ccc(F)c(Cl)c2Cl)ncc1F. The second kappa shape index (κ2) is 7.95. The summed E-state index contributed by atoms with van der Waals surface area (Å²) >= 11 is 12.1. The molecule has 0 radical (unpaired) electrons. The predicted molar refractivity (Wildman–Crippen MR) is 110 cm³/mol. The van der Waals surface area contributed by atoms with Gasteiger partial charge in [0.25, 0.3) is 5.91 Å². The first-order chi connectivity index (χ1) is 15.4. The summed E-state index contributed by atoms with van der Waals surface area (Å²) in [7, 11) is 1.36. The number of methoxy groups -OCH3 is 1. The van der Waals surface area contributed by atoms with Gasteiger partial charge in [0.2, 0.25) is 0 Å². The van der Waals surface area contributed by atoms with Crippen LogP contribution in [0.5, 0.6) is 5.75 Å². The minimum atomic E-state index is -0.706. The molecule has 1 aromatic carbocycles. The first-order valence-corrected chi connectivity index (χ1v) is 10.3. The Kier molecular flexibility index (Phi) is 5.23. The Morgan fingerprint density at radius 3 is 2.78 bits per heavy atom. The molecular weight excluding hydrogens is 467 g/mol. The van der Waals surface area contributed by atoms with Crippen molar-refractivity contribution in [1.29, 1.82) is 0 Å². The van der Waals surface area contributed by atoms with E-state index in [0.717, 1.165) is 12.3 Å². The van der Waals surface area contributed by atoms with Gasteiger partial charge in [-0.15, -0.1) is 10.2 Å². The zero-order valence-corrected chi connectivity index (χ0v) is 18.1. The molecule has 0 aliphatic carbocycles. The molecule has 2 aliphatic heterocycles. The molecule has 2 unspecified atom stereocenters. The molecule has 1 amide bonds. The van der Waals surface area contributed by atoms with Gasteiger partial charge < -0.3 is 18.9 Å². The fraction of sp³-hybridized carbons (Fsp3) is 0.300. The number of pyridine rings is 1. The Bertz CT molecular complexity index is 1240. The van der Waals surface area contributed by atoms with E-state index in [1.54, 1.807) is 4.90 Å². The van der Waals surface area contributed by atoms with Crippen LogP contribution < -0.4 is 4.74 Å². The van der Waals surface area contributed by atoms with Gasteiger partial charge in [0.15, 0.2) is 23.2 Å². The number of ether oxygens (including phenoxy) is 2. The van der Waals surface area contributed by atoms with Crippen molar-refractivity contribution in [3.63, 3.8) is 0 Å². The number of aromatic nitrogens is 4. The highest BCUT2D eigenvalue weighted by Gasteiger charge is 2.44. The lowest BCUT2D eigenvalue weighted by Crippen LogP contribution is -2.56. The van der Waals surface area contributed by atoms with E-state index in [9.17, 15) is 13.6 Å². The average Bonchev–Trinajstić information content (AvgIpc) is 3.20. The highest BCUT2D eigenvalue weighted by Crippen LogP contribution is 2.38. The summed E-state index contributed by atoms with van der Waals surface area (Å²) in [6.07, 6.45) is 1.05. The molecule has 8 nitrogen and oxygen atoms in total. The number of nitrogens with zero attached hydrogens (tertiary/aromatic N) is 5. The largest absolute Gasteiger partial charge is 0.494 e. The number of carbonyl (C=O) groups is 1. The van der Waals surface area contributed by atoms with Crippen molar-refractivity contribution < 1.29 is 23.0 Å². The minimum Gasteiger partial charge on any atom is -0.494 e. The molecular formula is C20H15Cl2F2N5O3. The molecule has 0 spiro atoms. The number of halogens is 4. The number of carbonyl (C=O) groups excluding carboxylic acids is 1. The summed E-state index contributed by atoms with van der Waals surface area (Å²) in [6, 6.07) is 2.93. The third-order valence-electron chi connectivity index (χ3n) is 5.56. The topological polar surface area (TPSA) is 82.4 Å². The average molecular weight is 482 g/mol. The highest BCUT2D eigenvalue weighted by atomic mass is 35.5. The van der Waals surface area contributed by atoms with Gasteiger partial charge in [-0.2, -0.15) is 0 Å². The zero-order chi connectivity index (χ0) is 22.6. The van der Waals surface area contributed by atoms with Gasteiger partial charge in [0.1, 0.15) is 17.6 Å². The minimum absolute atomic E-state index is 0.0336. The van der Waals surface area contributed by atoms with Crippen molar-refractivity contribution in [1.82, 2.24) is 24.6 Å². The van der Waals surface area contributed by atoms with E-state index in [2.05, 4.69) is 15.2 Å². The van der Waals surface area contributed by atoms with Gasteiger partial charge in [0, 0.05) is 12.6 Å². The van der Waals surface area contributed by atoms with Crippen LogP contribution in [0.25, 0.3) is 11.5 Å². The van der Waals surface area contributed by atoms with Crippen molar-refractivity contribution in [2.75, 3.05) is 20.3 Å². The van der Waals surface area contributed by atoms with Crippen molar-refractivity contribution >= 4 is 29.1 Å². The number of hydrogen-bond acceptors (Lipinski definition) is 6. The number of morpholine rings is 1. The van der Waals surface area contributed by atoms with Crippen LogP contribution in [0.3, 0.4) is 0 Å². The van der Waals surface area contributed by atoms with E-state index in [1.165, 1.54) is 19.2 Å². The monoisotopic (exact) mass is 481 g/mol. The van der Waals surface area contributed by atoms with Crippen molar-refractivity contribution in [2.24, 2.45) is 0 Å². The van der Waals surface area contributed by atoms with E-state index in [1.807, 2.05) is 4.57 Å².